The number of fused-ring (bicyclic) bond motifs is 1. The van der Waals surface area contributed by atoms with Crippen LogP contribution in [0.4, 0.5) is 9.52 Å². The van der Waals surface area contributed by atoms with E-state index in [2.05, 4.69) is 4.98 Å². The third-order valence-electron chi connectivity index (χ3n) is 5.44. The predicted octanol–water partition coefficient (Wildman–Crippen LogP) is 2.35. The maximum atomic E-state index is 13.0. The topological polar surface area (TPSA) is 105 Å². The first-order chi connectivity index (χ1) is 15.5. The average molecular weight is 512 g/mol. The summed E-state index contributed by atoms with van der Waals surface area (Å²) in [6.07, 6.45) is 1.02. The number of aromatic nitrogens is 1. The summed E-state index contributed by atoms with van der Waals surface area (Å²) in [4.78, 5) is 21.0. The molecule has 12 heteroatoms. The van der Waals surface area contributed by atoms with Crippen LogP contribution in [0.15, 0.2) is 52.3 Å². The Morgan fingerprint density at radius 1 is 1.00 bits per heavy atom. The van der Waals surface area contributed by atoms with E-state index in [9.17, 15) is 26.0 Å². The molecule has 4 rings (SSSR count). The molecule has 3 aromatic rings. The molecule has 0 bridgehead atoms. The van der Waals surface area contributed by atoms with Crippen LogP contribution < -0.4 is 4.90 Å². The van der Waals surface area contributed by atoms with Gasteiger partial charge in [0.05, 0.1) is 25.8 Å². The standard InChI is InChI=1S/C21H22FN3O5S3/c1-32(27,28)17-6-7-18-19(14-17)31-21(23-18)25-11-9-24(10-12-25)20(26)8-13-33(29,30)16-4-2-15(22)3-5-16/h2-7,14H,8-13H2,1H3. The highest BCUT2D eigenvalue weighted by Gasteiger charge is 2.25. The van der Waals surface area contributed by atoms with Crippen LogP contribution >= 0.6 is 11.3 Å². The molecule has 1 saturated heterocycles. The zero-order valence-corrected chi connectivity index (χ0v) is 20.2. The fourth-order valence-corrected chi connectivity index (χ4v) is 6.55. The van der Waals surface area contributed by atoms with Gasteiger partial charge in [-0.05, 0) is 42.5 Å². The number of anilines is 1. The molecule has 33 heavy (non-hydrogen) atoms. The predicted molar refractivity (Wildman–Crippen MR) is 125 cm³/mol. The minimum atomic E-state index is -3.67. The van der Waals surface area contributed by atoms with Crippen LogP contribution in [-0.2, 0) is 24.5 Å². The molecule has 1 aliphatic heterocycles. The normalized spacial score (nSPS) is 15.2. The summed E-state index contributed by atoms with van der Waals surface area (Å²) in [5.74, 6) is -1.10. The second-order valence-electron chi connectivity index (χ2n) is 7.79. The first-order valence-electron chi connectivity index (χ1n) is 10.1. The van der Waals surface area contributed by atoms with E-state index in [1.165, 1.54) is 29.5 Å². The molecule has 2 heterocycles. The molecule has 0 atom stereocenters. The Kier molecular flexibility index (Phi) is 6.43. The lowest BCUT2D eigenvalue weighted by Crippen LogP contribution is -2.49. The van der Waals surface area contributed by atoms with Gasteiger partial charge in [0.1, 0.15) is 5.82 Å². The van der Waals surface area contributed by atoms with E-state index in [0.717, 1.165) is 28.2 Å². The van der Waals surface area contributed by atoms with Crippen molar-refractivity contribution in [1.82, 2.24) is 9.88 Å². The molecule has 0 N–H and O–H groups in total. The van der Waals surface area contributed by atoms with Crippen molar-refractivity contribution in [3.8, 4) is 0 Å². The van der Waals surface area contributed by atoms with Gasteiger partial charge in [-0.2, -0.15) is 0 Å². The summed E-state index contributed by atoms with van der Waals surface area (Å²) < 4.78 is 62.1. The summed E-state index contributed by atoms with van der Waals surface area (Å²) >= 11 is 1.40. The first kappa shape index (κ1) is 23.6. The number of halogens is 1. The third-order valence-corrected chi connectivity index (χ3v) is 9.36. The molecule has 0 aliphatic carbocycles. The van der Waals surface area contributed by atoms with Crippen LogP contribution in [0.2, 0.25) is 0 Å². The highest BCUT2D eigenvalue weighted by atomic mass is 32.2. The maximum Gasteiger partial charge on any atom is 0.223 e. The van der Waals surface area contributed by atoms with Gasteiger partial charge in [0.2, 0.25) is 5.91 Å². The van der Waals surface area contributed by atoms with Gasteiger partial charge in [0.15, 0.2) is 24.8 Å². The molecule has 0 spiro atoms. The van der Waals surface area contributed by atoms with E-state index in [1.54, 1.807) is 17.0 Å². The Hall–Kier alpha value is -2.57. The number of nitrogens with zero attached hydrogens (tertiary/aromatic N) is 3. The van der Waals surface area contributed by atoms with Crippen LogP contribution in [-0.4, -0.2) is 70.8 Å². The molecule has 0 saturated carbocycles. The molecule has 0 radical (unpaired) electrons. The van der Waals surface area contributed by atoms with Crippen molar-refractivity contribution in [3.63, 3.8) is 0 Å². The lowest BCUT2D eigenvalue weighted by molar-refractivity contribution is -0.131. The fraction of sp³-hybridized carbons (Fsp3) is 0.333. The van der Waals surface area contributed by atoms with Crippen LogP contribution in [0.1, 0.15) is 6.42 Å². The van der Waals surface area contributed by atoms with E-state index in [1.807, 2.05) is 4.90 Å². The minimum Gasteiger partial charge on any atom is -0.345 e. The summed E-state index contributed by atoms with van der Waals surface area (Å²) in [6, 6.07) is 9.41. The summed E-state index contributed by atoms with van der Waals surface area (Å²) in [7, 11) is -6.97. The molecular weight excluding hydrogens is 489 g/mol. The maximum absolute atomic E-state index is 13.0. The highest BCUT2D eigenvalue weighted by Crippen LogP contribution is 2.31. The zero-order chi connectivity index (χ0) is 23.8. The Labute approximate surface area is 195 Å². The summed E-state index contributed by atoms with van der Waals surface area (Å²) in [5, 5.41) is 0.752. The number of thiazole rings is 1. The fourth-order valence-electron chi connectivity index (χ4n) is 3.55. The molecule has 8 nitrogen and oxygen atoms in total. The second-order valence-corrected chi connectivity index (χ2v) is 12.9. The van der Waals surface area contributed by atoms with Gasteiger partial charge in [-0.1, -0.05) is 11.3 Å². The number of benzene rings is 2. The average Bonchev–Trinajstić information content (AvgIpc) is 3.21. The Balaban J connectivity index is 1.35. The Bertz CT molecular complexity index is 1390. The lowest BCUT2D eigenvalue weighted by Gasteiger charge is -2.34. The number of hydrogen-bond donors (Lipinski definition) is 0. The monoisotopic (exact) mass is 511 g/mol. The van der Waals surface area contributed by atoms with Gasteiger partial charge in [-0.3, -0.25) is 4.79 Å². The zero-order valence-electron chi connectivity index (χ0n) is 17.8. The van der Waals surface area contributed by atoms with E-state index in [-0.39, 0.29) is 27.9 Å². The van der Waals surface area contributed by atoms with Gasteiger partial charge in [0.25, 0.3) is 0 Å². The van der Waals surface area contributed by atoms with Crippen molar-refractivity contribution < 1.29 is 26.0 Å². The first-order valence-corrected chi connectivity index (χ1v) is 14.5. The van der Waals surface area contributed by atoms with Crippen LogP contribution in [0, 0.1) is 5.82 Å². The Morgan fingerprint density at radius 3 is 2.27 bits per heavy atom. The largest absolute Gasteiger partial charge is 0.345 e. The van der Waals surface area contributed by atoms with E-state index in [0.29, 0.717) is 31.7 Å². The number of sulfone groups is 2. The number of piperazine rings is 1. The minimum absolute atomic E-state index is 0.00335. The van der Waals surface area contributed by atoms with Crippen LogP contribution in [0.3, 0.4) is 0 Å². The smallest absolute Gasteiger partial charge is 0.223 e. The molecule has 1 aromatic heterocycles. The van der Waals surface area contributed by atoms with Gasteiger partial charge < -0.3 is 9.80 Å². The van der Waals surface area contributed by atoms with E-state index < -0.39 is 25.5 Å². The van der Waals surface area contributed by atoms with Crippen molar-refractivity contribution >= 4 is 52.3 Å². The molecule has 1 aliphatic rings. The van der Waals surface area contributed by atoms with Gasteiger partial charge in [-0.25, -0.2) is 26.2 Å². The number of hydrogen-bond acceptors (Lipinski definition) is 8. The summed E-state index contributed by atoms with van der Waals surface area (Å²) in [6.45, 7) is 1.93. The number of carbonyl (C=O) groups excluding carboxylic acids is 1. The van der Waals surface area contributed by atoms with E-state index in [4.69, 9.17) is 0 Å². The van der Waals surface area contributed by atoms with Gasteiger partial charge >= 0.3 is 0 Å². The molecule has 176 valence electrons. The molecular formula is C21H22FN3O5S3. The number of amides is 1. The van der Waals surface area contributed by atoms with Crippen molar-refractivity contribution in [2.24, 2.45) is 0 Å². The lowest BCUT2D eigenvalue weighted by atomic mass is 10.3. The molecule has 1 fully saturated rings. The van der Waals surface area contributed by atoms with Crippen molar-refractivity contribution in [1.29, 1.82) is 0 Å². The molecule has 2 aromatic carbocycles. The SMILES string of the molecule is CS(=O)(=O)c1ccc2nc(N3CCN(C(=O)CCS(=O)(=O)c4ccc(F)cc4)CC3)sc2c1. The summed E-state index contributed by atoms with van der Waals surface area (Å²) in [5.41, 5.74) is 0.715. The van der Waals surface area contributed by atoms with Crippen LogP contribution in [0.25, 0.3) is 10.2 Å². The van der Waals surface area contributed by atoms with E-state index >= 15 is 0 Å². The quantitative estimate of drug-likeness (QED) is 0.468. The number of rotatable bonds is 6. The third kappa shape index (κ3) is 5.33. The highest BCUT2D eigenvalue weighted by molar-refractivity contribution is 7.91. The van der Waals surface area contributed by atoms with Crippen molar-refractivity contribution in [2.45, 2.75) is 16.2 Å². The van der Waals surface area contributed by atoms with Gasteiger partial charge in [0, 0.05) is 38.9 Å². The molecule has 0 unspecified atom stereocenters. The van der Waals surface area contributed by atoms with Gasteiger partial charge in [-0.15, -0.1) is 0 Å². The molecule has 1 amide bonds. The van der Waals surface area contributed by atoms with Crippen molar-refractivity contribution in [2.75, 3.05) is 43.1 Å². The van der Waals surface area contributed by atoms with Crippen molar-refractivity contribution in [3.05, 3.63) is 48.3 Å². The second kappa shape index (κ2) is 8.99. The Morgan fingerprint density at radius 2 is 1.64 bits per heavy atom. The number of carbonyl (C=O) groups is 1. The van der Waals surface area contributed by atoms with Crippen LogP contribution in [0.5, 0.6) is 0 Å².